The third-order valence-electron chi connectivity index (χ3n) is 2.41. The van der Waals surface area contributed by atoms with Gasteiger partial charge in [-0.05, 0) is 43.8 Å². The topological polar surface area (TPSA) is 59.7 Å². The summed E-state index contributed by atoms with van der Waals surface area (Å²) in [6, 6.07) is 0. The first-order valence-electron chi connectivity index (χ1n) is 4.59. The van der Waals surface area contributed by atoms with Gasteiger partial charge < -0.3 is 0 Å². The van der Waals surface area contributed by atoms with E-state index in [-0.39, 0.29) is 17.1 Å². The number of rotatable bonds is 0. The second-order valence-corrected chi connectivity index (χ2v) is 3.44. The van der Waals surface area contributed by atoms with E-state index in [4.69, 9.17) is 14.0 Å². The van der Waals surface area contributed by atoms with Gasteiger partial charge in [0, 0.05) is 17.1 Å². The van der Waals surface area contributed by atoms with Crippen molar-refractivity contribution in [2.75, 3.05) is 0 Å². The van der Waals surface area contributed by atoms with Crippen molar-refractivity contribution in [3.8, 4) is 0 Å². The number of allylic oxidation sites excluding steroid dienone is 3. The Kier molecular flexibility index (Phi) is 26.1. The monoisotopic (exact) mass is 276 g/mol. The third-order valence-corrected chi connectivity index (χ3v) is 2.41. The third kappa shape index (κ3) is 10.1. The minimum atomic E-state index is 0. The molecule has 1 fully saturated rings. The Morgan fingerprint density at radius 1 is 1.12 bits per heavy atom. The maximum absolute atomic E-state index is 7.50. The Bertz CT molecular complexity index is 279. The van der Waals surface area contributed by atoms with Crippen LogP contribution in [0.3, 0.4) is 0 Å². The van der Waals surface area contributed by atoms with Gasteiger partial charge in [-0.2, -0.15) is 0 Å². The largest absolute Gasteiger partial charge is 0 e. The van der Waals surface area contributed by atoms with Crippen LogP contribution < -0.4 is 0 Å². The Morgan fingerprint density at radius 3 is 1.59 bits per heavy atom. The van der Waals surface area contributed by atoms with Crippen molar-refractivity contribution in [3.63, 3.8) is 0 Å². The first-order chi connectivity index (χ1) is 7.63. The van der Waals surface area contributed by atoms with Gasteiger partial charge in [-0.15, -0.1) is 0 Å². The van der Waals surface area contributed by atoms with E-state index < -0.39 is 0 Å². The summed E-state index contributed by atoms with van der Waals surface area (Å²) in [6.45, 7) is 24.2. The molecule has 0 unspecified atom stereocenters. The average Bonchev–Trinajstić information content (AvgIpc) is 2.68. The van der Waals surface area contributed by atoms with Gasteiger partial charge in [0.1, 0.15) is 0 Å². The second kappa shape index (κ2) is 17.6. The van der Waals surface area contributed by atoms with Crippen LogP contribution in [0.1, 0.15) is 33.6 Å². The first-order valence-corrected chi connectivity index (χ1v) is 4.59. The maximum atomic E-state index is 7.50. The number of hydrogen-bond acceptors (Lipinski definition) is 0. The van der Waals surface area contributed by atoms with Crippen LogP contribution in [-0.2, 0) is 31.0 Å². The normalized spacial score (nSPS) is 15.5. The van der Waals surface area contributed by atoms with Gasteiger partial charge in [0.25, 0.3) is 0 Å². The van der Waals surface area contributed by atoms with Crippen LogP contribution in [0.2, 0.25) is 0 Å². The SMILES string of the molecule is C=C1C(=C(C)C)CC[C@H]1C.[C-]#[O+].[C-]#[O+].[C-]#[O+].[Fe]. The Hall–Kier alpha value is -0.781. The van der Waals surface area contributed by atoms with Crippen molar-refractivity contribution in [1.29, 1.82) is 0 Å². The van der Waals surface area contributed by atoms with Gasteiger partial charge >= 0.3 is 33.9 Å². The van der Waals surface area contributed by atoms with E-state index in [0.717, 1.165) is 5.92 Å². The molecule has 94 valence electrons. The summed E-state index contributed by atoms with van der Waals surface area (Å²) in [7, 11) is 0. The van der Waals surface area contributed by atoms with Crippen LogP contribution in [0.25, 0.3) is 0 Å². The molecule has 1 aliphatic rings. The van der Waals surface area contributed by atoms with Gasteiger partial charge in [0.05, 0.1) is 0 Å². The molecule has 0 aromatic heterocycles. The fourth-order valence-electron chi connectivity index (χ4n) is 1.56. The molecule has 0 N–H and O–H groups in total. The van der Waals surface area contributed by atoms with E-state index in [1.54, 1.807) is 0 Å². The van der Waals surface area contributed by atoms with Crippen molar-refractivity contribution in [3.05, 3.63) is 43.2 Å². The molecular weight excluding hydrogens is 260 g/mol. The molecule has 0 aromatic rings. The number of hydrogen-bond donors (Lipinski definition) is 0. The molecular formula is C13H16FeO3. The Morgan fingerprint density at radius 2 is 1.47 bits per heavy atom. The summed E-state index contributed by atoms with van der Waals surface area (Å²) < 4.78 is 22.5. The molecule has 0 spiro atoms. The second-order valence-electron chi connectivity index (χ2n) is 3.44. The fourth-order valence-corrected chi connectivity index (χ4v) is 1.56. The van der Waals surface area contributed by atoms with E-state index in [0.29, 0.717) is 0 Å². The molecule has 1 saturated carbocycles. The van der Waals surface area contributed by atoms with Crippen LogP contribution >= 0.6 is 0 Å². The van der Waals surface area contributed by atoms with Crippen molar-refractivity contribution < 1.29 is 31.0 Å². The minimum Gasteiger partial charge on any atom is 0 e. The van der Waals surface area contributed by atoms with Crippen LogP contribution in [0.4, 0.5) is 0 Å². The van der Waals surface area contributed by atoms with Crippen LogP contribution in [0.5, 0.6) is 0 Å². The zero-order valence-electron chi connectivity index (χ0n) is 10.3. The van der Waals surface area contributed by atoms with Gasteiger partial charge in [0.15, 0.2) is 0 Å². The van der Waals surface area contributed by atoms with Crippen molar-refractivity contribution >= 4 is 0 Å². The van der Waals surface area contributed by atoms with E-state index in [1.807, 2.05) is 0 Å². The van der Waals surface area contributed by atoms with Gasteiger partial charge in [-0.25, -0.2) is 0 Å². The van der Waals surface area contributed by atoms with Crippen molar-refractivity contribution in [2.24, 2.45) is 5.92 Å². The summed E-state index contributed by atoms with van der Waals surface area (Å²) in [5.41, 5.74) is 4.35. The zero-order chi connectivity index (χ0) is 13.7. The molecule has 1 aliphatic carbocycles. The first kappa shape index (κ1) is 25.2. The molecule has 1 rings (SSSR count). The van der Waals surface area contributed by atoms with Crippen LogP contribution in [0.15, 0.2) is 23.3 Å². The molecule has 4 heteroatoms. The minimum absolute atomic E-state index is 0. The molecule has 0 saturated heterocycles. The van der Waals surface area contributed by atoms with E-state index in [1.165, 1.54) is 29.6 Å². The molecule has 1 atom stereocenters. The molecule has 17 heavy (non-hydrogen) atoms. The fraction of sp³-hybridized carbons (Fsp3) is 0.462. The summed E-state index contributed by atoms with van der Waals surface area (Å²) in [4.78, 5) is 0. The molecule has 3 nitrogen and oxygen atoms in total. The van der Waals surface area contributed by atoms with Gasteiger partial charge in [-0.1, -0.05) is 19.1 Å². The van der Waals surface area contributed by atoms with Crippen molar-refractivity contribution in [2.45, 2.75) is 33.6 Å². The van der Waals surface area contributed by atoms with E-state index in [9.17, 15) is 0 Å². The van der Waals surface area contributed by atoms with Crippen molar-refractivity contribution in [1.82, 2.24) is 0 Å². The maximum Gasteiger partial charge on any atom is 0 e. The molecule has 0 bridgehead atoms. The molecule has 0 heterocycles. The smallest absolute Gasteiger partial charge is 0 e. The Balaban J connectivity index is -0.000000106. The zero-order valence-corrected chi connectivity index (χ0v) is 11.4. The average molecular weight is 276 g/mol. The van der Waals surface area contributed by atoms with Gasteiger partial charge in [-0.3, -0.25) is 0 Å². The predicted octanol–water partition coefficient (Wildman–Crippen LogP) is 3.19. The predicted molar refractivity (Wildman–Crippen MR) is 57.7 cm³/mol. The van der Waals surface area contributed by atoms with E-state index in [2.05, 4.69) is 47.3 Å². The molecule has 0 amide bonds. The van der Waals surface area contributed by atoms with Gasteiger partial charge in [0.2, 0.25) is 0 Å². The molecule has 0 radical (unpaired) electrons. The quantitative estimate of drug-likeness (QED) is 0.370. The standard InChI is InChI=1S/C10H16.3CO.Fe/c1-7(2)10-6-5-8(3)9(10)4;3*1-2;/h8H,4-6H2,1-3H3;;;;/t8-;;;;/m1..../s1. The van der Waals surface area contributed by atoms with Crippen LogP contribution in [-0.4, -0.2) is 0 Å². The summed E-state index contributed by atoms with van der Waals surface area (Å²) >= 11 is 0. The summed E-state index contributed by atoms with van der Waals surface area (Å²) in [6.07, 6.45) is 2.56. The van der Waals surface area contributed by atoms with Crippen LogP contribution in [0, 0.1) is 25.9 Å². The Labute approximate surface area is 114 Å². The molecule has 0 aromatic carbocycles. The summed E-state index contributed by atoms with van der Waals surface area (Å²) in [5, 5.41) is 0. The van der Waals surface area contributed by atoms with E-state index >= 15 is 0 Å². The molecule has 0 aliphatic heterocycles. The summed E-state index contributed by atoms with van der Waals surface area (Å²) in [5.74, 6) is 0.727.